The van der Waals surface area contributed by atoms with Crippen LogP contribution in [-0.4, -0.2) is 19.2 Å². The van der Waals surface area contributed by atoms with Crippen molar-refractivity contribution in [3.63, 3.8) is 0 Å². The molecule has 2 N–H and O–H groups in total. The van der Waals surface area contributed by atoms with E-state index in [0.717, 1.165) is 16.8 Å². The van der Waals surface area contributed by atoms with Gasteiger partial charge in [-0.2, -0.15) is 0 Å². The van der Waals surface area contributed by atoms with Gasteiger partial charge in [-0.05, 0) is 37.1 Å². The number of amides is 1. The summed E-state index contributed by atoms with van der Waals surface area (Å²) < 4.78 is 10.5. The number of anilines is 2. The fourth-order valence-corrected chi connectivity index (χ4v) is 2.44. The van der Waals surface area contributed by atoms with Crippen molar-refractivity contribution >= 4 is 17.3 Å². The first-order valence-electron chi connectivity index (χ1n) is 7.13. The number of hydrogen-bond acceptors (Lipinski definition) is 4. The minimum Gasteiger partial charge on any atom is -0.454 e. The number of para-hydroxylation sites is 1. The summed E-state index contributed by atoms with van der Waals surface area (Å²) in [7, 11) is 0. The molecule has 1 heterocycles. The first-order chi connectivity index (χ1) is 10.6. The van der Waals surface area contributed by atoms with Crippen molar-refractivity contribution in [3.8, 4) is 11.5 Å². The maximum atomic E-state index is 12.1. The number of hydrogen-bond donors (Lipinski definition) is 2. The van der Waals surface area contributed by atoms with E-state index >= 15 is 0 Å². The molecule has 1 amide bonds. The summed E-state index contributed by atoms with van der Waals surface area (Å²) in [6.45, 7) is 4.47. The first-order valence-corrected chi connectivity index (χ1v) is 7.13. The van der Waals surface area contributed by atoms with Crippen molar-refractivity contribution in [2.75, 3.05) is 24.0 Å². The van der Waals surface area contributed by atoms with Crippen LogP contribution in [0.1, 0.15) is 11.1 Å². The lowest BCUT2D eigenvalue weighted by Gasteiger charge is -2.12. The van der Waals surface area contributed by atoms with Gasteiger partial charge in [-0.3, -0.25) is 4.79 Å². The fourth-order valence-electron chi connectivity index (χ4n) is 2.44. The van der Waals surface area contributed by atoms with Crippen molar-refractivity contribution in [2.24, 2.45) is 0 Å². The predicted octanol–water partition coefficient (Wildman–Crippen LogP) is 3.08. The van der Waals surface area contributed by atoms with Gasteiger partial charge in [-0.1, -0.05) is 18.2 Å². The molecule has 0 bridgehead atoms. The Morgan fingerprint density at radius 2 is 1.82 bits per heavy atom. The van der Waals surface area contributed by atoms with Crippen molar-refractivity contribution in [1.29, 1.82) is 0 Å². The highest BCUT2D eigenvalue weighted by Crippen LogP contribution is 2.34. The average Bonchev–Trinajstić information content (AvgIpc) is 2.94. The van der Waals surface area contributed by atoms with Gasteiger partial charge in [0.1, 0.15) is 0 Å². The third-order valence-electron chi connectivity index (χ3n) is 3.56. The molecule has 0 saturated carbocycles. The van der Waals surface area contributed by atoms with Crippen molar-refractivity contribution in [1.82, 2.24) is 0 Å². The zero-order chi connectivity index (χ0) is 15.5. The molecule has 0 radical (unpaired) electrons. The number of rotatable bonds is 4. The van der Waals surface area contributed by atoms with Crippen LogP contribution in [0.15, 0.2) is 36.4 Å². The summed E-state index contributed by atoms with van der Waals surface area (Å²) in [5.41, 5.74) is 3.94. The number of ether oxygens (including phenoxy) is 2. The molecule has 0 aliphatic carbocycles. The Bertz CT molecular complexity index is 693. The molecule has 2 aromatic rings. The maximum Gasteiger partial charge on any atom is 0.243 e. The monoisotopic (exact) mass is 298 g/mol. The quantitative estimate of drug-likeness (QED) is 0.910. The second kappa shape index (κ2) is 5.97. The molecular weight excluding hydrogens is 280 g/mol. The Hall–Kier alpha value is -2.69. The van der Waals surface area contributed by atoms with Crippen LogP contribution in [0.3, 0.4) is 0 Å². The number of carbonyl (C=O) groups excluding carboxylic acids is 1. The number of fused-ring (bicyclic) bond motifs is 1. The molecule has 2 aromatic carbocycles. The highest BCUT2D eigenvalue weighted by molar-refractivity contribution is 5.94. The molecule has 0 saturated heterocycles. The van der Waals surface area contributed by atoms with E-state index in [1.165, 1.54) is 0 Å². The fraction of sp³-hybridized carbons (Fsp3) is 0.235. The minimum absolute atomic E-state index is 0.110. The molecule has 0 unspecified atom stereocenters. The van der Waals surface area contributed by atoms with Gasteiger partial charge in [0.05, 0.1) is 6.54 Å². The Balaban J connectivity index is 1.61. The third kappa shape index (κ3) is 2.98. The van der Waals surface area contributed by atoms with Crippen molar-refractivity contribution < 1.29 is 14.3 Å². The molecule has 1 aliphatic heterocycles. The molecule has 0 fully saturated rings. The lowest BCUT2D eigenvalue weighted by Crippen LogP contribution is -2.22. The molecule has 3 rings (SSSR count). The molecule has 5 heteroatoms. The third-order valence-corrected chi connectivity index (χ3v) is 3.56. The van der Waals surface area contributed by atoms with Crippen LogP contribution in [0.2, 0.25) is 0 Å². The average molecular weight is 298 g/mol. The molecule has 5 nitrogen and oxygen atoms in total. The van der Waals surface area contributed by atoms with E-state index in [-0.39, 0.29) is 19.2 Å². The van der Waals surface area contributed by atoms with Gasteiger partial charge in [0.25, 0.3) is 0 Å². The molecule has 1 aliphatic rings. The van der Waals surface area contributed by atoms with E-state index in [1.807, 2.05) is 32.0 Å². The molecule has 22 heavy (non-hydrogen) atoms. The van der Waals surface area contributed by atoms with E-state index < -0.39 is 0 Å². The van der Waals surface area contributed by atoms with Crippen molar-refractivity contribution in [2.45, 2.75) is 13.8 Å². The van der Waals surface area contributed by atoms with E-state index in [0.29, 0.717) is 17.2 Å². The van der Waals surface area contributed by atoms with Crippen LogP contribution in [0.25, 0.3) is 0 Å². The standard InChI is InChI=1S/C17H18N2O3/c1-11-4-3-5-12(2)17(11)18-9-16(20)19-13-6-7-14-15(8-13)22-10-21-14/h3-8,18H,9-10H2,1-2H3,(H,19,20). The highest BCUT2D eigenvalue weighted by Gasteiger charge is 2.14. The Kier molecular flexibility index (Phi) is 3.87. The number of nitrogens with one attached hydrogen (secondary N) is 2. The van der Waals surface area contributed by atoms with Crippen molar-refractivity contribution in [3.05, 3.63) is 47.5 Å². The lowest BCUT2D eigenvalue weighted by atomic mass is 10.1. The Morgan fingerprint density at radius 1 is 1.09 bits per heavy atom. The van der Waals surface area contributed by atoms with E-state index in [1.54, 1.807) is 18.2 Å². The second-order valence-electron chi connectivity index (χ2n) is 5.24. The number of benzene rings is 2. The summed E-state index contributed by atoms with van der Waals surface area (Å²) in [4.78, 5) is 12.1. The summed E-state index contributed by atoms with van der Waals surface area (Å²) in [6, 6.07) is 11.4. The zero-order valence-corrected chi connectivity index (χ0v) is 12.6. The second-order valence-corrected chi connectivity index (χ2v) is 5.24. The topological polar surface area (TPSA) is 59.6 Å². The van der Waals surface area contributed by atoms with E-state index in [4.69, 9.17) is 9.47 Å². The summed E-state index contributed by atoms with van der Waals surface area (Å²) >= 11 is 0. The maximum absolute atomic E-state index is 12.1. The largest absolute Gasteiger partial charge is 0.454 e. The number of carbonyl (C=O) groups is 1. The lowest BCUT2D eigenvalue weighted by molar-refractivity contribution is -0.114. The molecule has 0 atom stereocenters. The van der Waals surface area contributed by atoms with Gasteiger partial charge in [0.15, 0.2) is 11.5 Å². The molecule has 114 valence electrons. The van der Waals surface area contributed by atoms with Crippen LogP contribution in [0, 0.1) is 13.8 Å². The number of aryl methyl sites for hydroxylation is 2. The van der Waals surface area contributed by atoms with Gasteiger partial charge in [-0.15, -0.1) is 0 Å². The summed E-state index contributed by atoms with van der Waals surface area (Å²) in [5.74, 6) is 1.24. The van der Waals surface area contributed by atoms with Gasteiger partial charge >= 0.3 is 0 Å². The Labute approximate surface area is 129 Å². The van der Waals surface area contributed by atoms with Gasteiger partial charge in [-0.25, -0.2) is 0 Å². The van der Waals surface area contributed by atoms with Crippen LogP contribution in [0.5, 0.6) is 11.5 Å². The van der Waals surface area contributed by atoms with Crippen LogP contribution >= 0.6 is 0 Å². The van der Waals surface area contributed by atoms with Crippen LogP contribution in [0.4, 0.5) is 11.4 Å². The Morgan fingerprint density at radius 3 is 2.59 bits per heavy atom. The van der Waals surface area contributed by atoms with Crippen LogP contribution in [-0.2, 0) is 4.79 Å². The zero-order valence-electron chi connectivity index (χ0n) is 12.6. The summed E-state index contributed by atoms with van der Waals surface area (Å²) in [6.07, 6.45) is 0. The van der Waals surface area contributed by atoms with Gasteiger partial charge < -0.3 is 20.1 Å². The smallest absolute Gasteiger partial charge is 0.243 e. The molecular formula is C17H18N2O3. The predicted molar refractivity (Wildman–Crippen MR) is 85.6 cm³/mol. The van der Waals surface area contributed by atoms with Crippen LogP contribution < -0.4 is 20.1 Å². The van der Waals surface area contributed by atoms with Gasteiger partial charge in [0.2, 0.25) is 12.7 Å². The molecule has 0 spiro atoms. The normalized spacial score (nSPS) is 12.1. The van der Waals surface area contributed by atoms with E-state index in [2.05, 4.69) is 10.6 Å². The first kappa shape index (κ1) is 14.3. The van der Waals surface area contributed by atoms with Gasteiger partial charge in [0, 0.05) is 17.4 Å². The van der Waals surface area contributed by atoms with E-state index in [9.17, 15) is 4.79 Å². The minimum atomic E-state index is -0.110. The molecule has 0 aromatic heterocycles. The highest BCUT2D eigenvalue weighted by atomic mass is 16.7. The summed E-state index contributed by atoms with van der Waals surface area (Å²) in [5, 5.41) is 6.03. The SMILES string of the molecule is Cc1cccc(C)c1NCC(=O)Nc1ccc2c(c1)OCO2.